The van der Waals surface area contributed by atoms with Crippen LogP contribution in [0.5, 0.6) is 5.75 Å². The molecule has 2 amide bonds. The topological polar surface area (TPSA) is 66.0 Å². The molecule has 1 aromatic carbocycles. The van der Waals surface area contributed by atoms with Crippen LogP contribution < -0.4 is 15.4 Å². The summed E-state index contributed by atoms with van der Waals surface area (Å²) in [6.07, 6.45) is 7.09. The molecule has 3 rings (SSSR count). The van der Waals surface area contributed by atoms with Crippen molar-refractivity contribution >= 4 is 41.9 Å². The van der Waals surface area contributed by atoms with E-state index in [4.69, 9.17) is 16.3 Å². The van der Waals surface area contributed by atoms with E-state index in [1.54, 1.807) is 36.7 Å². The second-order valence-electron chi connectivity index (χ2n) is 5.42. The standard InChI is InChI=1S/C16H19ClN4O2.ClH/c17-12-2-3-15(23-13-4-7-18-8-5-13)14(10-12)20-16(22)21-9-1-6-19-11-21;/h1-3,6,9-10,13,18H,4-5,7-8,11H2,(H,20,22);1H. The molecule has 2 aliphatic heterocycles. The molecule has 130 valence electrons. The molecule has 1 aromatic rings. The quantitative estimate of drug-likeness (QED) is 0.857. The highest BCUT2D eigenvalue weighted by molar-refractivity contribution is 6.31. The number of halogens is 2. The van der Waals surface area contributed by atoms with Crippen molar-refractivity contribution in [2.45, 2.75) is 18.9 Å². The van der Waals surface area contributed by atoms with E-state index in [-0.39, 0.29) is 24.5 Å². The molecule has 0 unspecified atom stereocenters. The van der Waals surface area contributed by atoms with Gasteiger partial charge in [-0.3, -0.25) is 9.89 Å². The van der Waals surface area contributed by atoms with Crippen molar-refractivity contribution in [3.8, 4) is 5.75 Å². The number of aliphatic imine (C=N–C) groups is 1. The fourth-order valence-corrected chi connectivity index (χ4v) is 2.67. The van der Waals surface area contributed by atoms with E-state index in [2.05, 4.69) is 15.6 Å². The van der Waals surface area contributed by atoms with E-state index in [0.29, 0.717) is 23.1 Å². The van der Waals surface area contributed by atoms with Gasteiger partial charge in [0.2, 0.25) is 0 Å². The maximum atomic E-state index is 12.3. The molecular formula is C16H20Cl2N4O2. The van der Waals surface area contributed by atoms with Gasteiger partial charge in [-0.1, -0.05) is 11.6 Å². The second-order valence-corrected chi connectivity index (χ2v) is 5.86. The number of hydrogen-bond acceptors (Lipinski definition) is 4. The van der Waals surface area contributed by atoms with Crippen molar-refractivity contribution in [3.63, 3.8) is 0 Å². The number of nitrogens with zero attached hydrogens (tertiary/aromatic N) is 2. The Bertz CT molecular complexity index is 631. The van der Waals surface area contributed by atoms with Gasteiger partial charge in [0.1, 0.15) is 18.5 Å². The van der Waals surface area contributed by atoms with Crippen LogP contribution in [0.25, 0.3) is 0 Å². The molecule has 8 heteroatoms. The third-order valence-corrected chi connectivity index (χ3v) is 3.95. The Morgan fingerprint density at radius 3 is 2.88 bits per heavy atom. The van der Waals surface area contributed by atoms with Crippen molar-refractivity contribution in [1.82, 2.24) is 10.2 Å². The largest absolute Gasteiger partial charge is 0.488 e. The van der Waals surface area contributed by atoms with Crippen molar-refractivity contribution in [2.75, 3.05) is 25.1 Å². The zero-order valence-electron chi connectivity index (χ0n) is 13.1. The van der Waals surface area contributed by atoms with Crippen LogP contribution in [0.4, 0.5) is 10.5 Å². The normalized spacial score (nSPS) is 17.3. The number of piperidine rings is 1. The number of allylic oxidation sites excluding steroid dienone is 1. The third kappa shape index (κ3) is 4.87. The molecule has 6 nitrogen and oxygen atoms in total. The molecule has 1 saturated heterocycles. The van der Waals surface area contributed by atoms with Crippen LogP contribution in [0.1, 0.15) is 12.8 Å². The van der Waals surface area contributed by atoms with Crippen LogP contribution >= 0.6 is 24.0 Å². The number of anilines is 1. The molecule has 0 aliphatic carbocycles. The average molecular weight is 371 g/mol. The van der Waals surface area contributed by atoms with Crippen molar-refractivity contribution in [2.24, 2.45) is 4.99 Å². The summed E-state index contributed by atoms with van der Waals surface area (Å²) in [6.45, 7) is 2.18. The SMILES string of the molecule is Cl.O=C(Nc1cc(Cl)ccc1OC1CCNCC1)N1C=CC=NC1. The molecule has 1 fully saturated rings. The van der Waals surface area contributed by atoms with Crippen LogP contribution in [0.2, 0.25) is 5.02 Å². The minimum atomic E-state index is -0.268. The summed E-state index contributed by atoms with van der Waals surface area (Å²) >= 11 is 6.06. The van der Waals surface area contributed by atoms with Gasteiger partial charge in [-0.15, -0.1) is 12.4 Å². The Labute approximate surface area is 152 Å². The van der Waals surface area contributed by atoms with E-state index in [0.717, 1.165) is 25.9 Å². The van der Waals surface area contributed by atoms with Gasteiger partial charge in [0, 0.05) is 17.4 Å². The highest BCUT2D eigenvalue weighted by Gasteiger charge is 2.19. The molecule has 0 radical (unpaired) electrons. The van der Waals surface area contributed by atoms with Gasteiger partial charge in [0.15, 0.2) is 0 Å². The van der Waals surface area contributed by atoms with Gasteiger partial charge in [-0.05, 0) is 50.2 Å². The Kier molecular flexibility index (Phi) is 6.90. The molecule has 2 N–H and O–H groups in total. The highest BCUT2D eigenvalue weighted by atomic mass is 35.5. The lowest BCUT2D eigenvalue weighted by molar-refractivity contribution is 0.163. The third-order valence-electron chi connectivity index (χ3n) is 3.72. The van der Waals surface area contributed by atoms with Gasteiger partial charge in [0.05, 0.1) is 5.69 Å². The molecule has 0 aromatic heterocycles. The predicted molar refractivity (Wildman–Crippen MR) is 98.6 cm³/mol. The van der Waals surface area contributed by atoms with Crippen LogP contribution in [0.15, 0.2) is 35.5 Å². The predicted octanol–water partition coefficient (Wildman–Crippen LogP) is 3.28. The van der Waals surface area contributed by atoms with Gasteiger partial charge in [0.25, 0.3) is 0 Å². The maximum absolute atomic E-state index is 12.3. The summed E-state index contributed by atoms with van der Waals surface area (Å²) in [6, 6.07) is 4.99. The monoisotopic (exact) mass is 370 g/mol. The molecule has 0 bridgehead atoms. The van der Waals surface area contributed by atoms with Gasteiger partial charge in [-0.25, -0.2) is 4.79 Å². The number of urea groups is 1. The van der Waals surface area contributed by atoms with Crippen molar-refractivity contribution in [1.29, 1.82) is 0 Å². The van der Waals surface area contributed by atoms with E-state index < -0.39 is 0 Å². The molecule has 0 atom stereocenters. The smallest absolute Gasteiger partial charge is 0.327 e. The number of hydrogen-bond donors (Lipinski definition) is 2. The summed E-state index contributed by atoms with van der Waals surface area (Å²) in [5.74, 6) is 0.638. The van der Waals surface area contributed by atoms with Gasteiger partial charge in [-0.2, -0.15) is 0 Å². The van der Waals surface area contributed by atoms with E-state index >= 15 is 0 Å². The first kappa shape index (κ1) is 18.6. The number of rotatable bonds is 3. The summed E-state index contributed by atoms with van der Waals surface area (Å²) < 4.78 is 6.05. The summed E-state index contributed by atoms with van der Waals surface area (Å²) in [5.41, 5.74) is 0.573. The van der Waals surface area contributed by atoms with E-state index in [1.807, 2.05) is 0 Å². The zero-order valence-corrected chi connectivity index (χ0v) is 14.6. The number of carbonyl (C=O) groups is 1. The first-order valence-corrected chi connectivity index (χ1v) is 8.01. The average Bonchev–Trinajstić information content (AvgIpc) is 2.59. The van der Waals surface area contributed by atoms with Gasteiger partial charge < -0.3 is 15.4 Å². The molecule has 24 heavy (non-hydrogen) atoms. The van der Waals surface area contributed by atoms with Crippen molar-refractivity contribution < 1.29 is 9.53 Å². The van der Waals surface area contributed by atoms with Crippen molar-refractivity contribution in [3.05, 3.63) is 35.5 Å². The van der Waals surface area contributed by atoms with Crippen LogP contribution in [-0.2, 0) is 0 Å². The summed E-state index contributed by atoms with van der Waals surface area (Å²) in [7, 11) is 0. The van der Waals surface area contributed by atoms with Crippen LogP contribution in [-0.4, -0.2) is 43.0 Å². The number of amides is 2. The highest BCUT2D eigenvalue weighted by Crippen LogP contribution is 2.30. The Hall–Kier alpha value is -1.76. The lowest BCUT2D eigenvalue weighted by Gasteiger charge is -2.25. The number of nitrogens with one attached hydrogen (secondary N) is 2. The number of benzene rings is 1. The summed E-state index contributed by atoms with van der Waals surface area (Å²) in [5, 5.41) is 6.69. The molecule has 2 heterocycles. The van der Waals surface area contributed by atoms with Gasteiger partial charge >= 0.3 is 6.03 Å². The molecular weight excluding hydrogens is 351 g/mol. The zero-order chi connectivity index (χ0) is 16.1. The number of carbonyl (C=O) groups excluding carboxylic acids is 1. The van der Waals surface area contributed by atoms with E-state index in [1.165, 1.54) is 4.90 Å². The lowest BCUT2D eigenvalue weighted by Crippen LogP contribution is -2.35. The minimum Gasteiger partial charge on any atom is -0.488 e. The molecule has 2 aliphatic rings. The van der Waals surface area contributed by atoms with Crippen LogP contribution in [0.3, 0.4) is 0 Å². The lowest BCUT2D eigenvalue weighted by atomic mass is 10.1. The minimum absolute atomic E-state index is 0. The summed E-state index contributed by atoms with van der Waals surface area (Å²) in [4.78, 5) is 17.8. The first-order chi connectivity index (χ1) is 11.2. The fourth-order valence-electron chi connectivity index (χ4n) is 2.50. The Morgan fingerprint density at radius 2 is 2.17 bits per heavy atom. The Balaban J connectivity index is 0.00000208. The Morgan fingerprint density at radius 1 is 1.38 bits per heavy atom. The fraction of sp³-hybridized carbons (Fsp3) is 0.375. The molecule has 0 saturated carbocycles. The maximum Gasteiger partial charge on any atom is 0.327 e. The first-order valence-electron chi connectivity index (χ1n) is 7.63. The van der Waals surface area contributed by atoms with Crippen LogP contribution in [0, 0.1) is 0 Å². The molecule has 0 spiro atoms. The second kappa shape index (κ2) is 8.92. The number of ether oxygens (including phenoxy) is 1. The van der Waals surface area contributed by atoms with E-state index in [9.17, 15) is 4.79 Å².